The van der Waals surface area contributed by atoms with Crippen LogP contribution in [0.5, 0.6) is 11.5 Å². The fraction of sp³-hybridized carbons (Fsp3) is 0.333. The molecule has 164 valence electrons. The van der Waals surface area contributed by atoms with E-state index >= 15 is 0 Å². The standard InChI is InChI=1S/C24H28N2O5/c1-16(2)31-20-11-7-18(8-12-20)21-22(25(3)13-14-27)24(29)26(23(21)28)15-17-5-9-19(30-4)10-6-17/h5-12,16,27H,13-15H2,1-4H3. The number of rotatable bonds is 9. The molecule has 31 heavy (non-hydrogen) atoms. The highest BCUT2D eigenvalue weighted by molar-refractivity contribution is 6.35. The van der Waals surface area contributed by atoms with Crippen molar-refractivity contribution in [3.63, 3.8) is 0 Å². The third-order valence-electron chi connectivity index (χ3n) is 4.98. The number of ether oxygens (including phenoxy) is 2. The first-order chi connectivity index (χ1) is 14.8. The second kappa shape index (κ2) is 9.66. The third-order valence-corrected chi connectivity index (χ3v) is 4.98. The van der Waals surface area contributed by atoms with Gasteiger partial charge in [-0.15, -0.1) is 0 Å². The average Bonchev–Trinajstić information content (AvgIpc) is 2.99. The van der Waals surface area contributed by atoms with Crippen molar-refractivity contribution in [3.05, 3.63) is 65.4 Å². The van der Waals surface area contributed by atoms with Crippen LogP contribution in [-0.4, -0.2) is 60.1 Å². The molecule has 0 saturated heterocycles. The topological polar surface area (TPSA) is 79.3 Å². The number of carbonyl (C=O) groups excluding carboxylic acids is 2. The molecule has 0 aliphatic carbocycles. The molecule has 2 amide bonds. The van der Waals surface area contributed by atoms with E-state index in [-0.39, 0.29) is 43.3 Å². The summed E-state index contributed by atoms with van der Waals surface area (Å²) in [5.41, 5.74) is 2.05. The zero-order chi connectivity index (χ0) is 22.5. The van der Waals surface area contributed by atoms with E-state index in [1.54, 1.807) is 55.5 Å². The number of hydrogen-bond donors (Lipinski definition) is 1. The van der Waals surface area contributed by atoms with Crippen molar-refractivity contribution in [3.8, 4) is 11.5 Å². The van der Waals surface area contributed by atoms with Gasteiger partial charge in [-0.25, -0.2) is 0 Å². The van der Waals surface area contributed by atoms with Gasteiger partial charge in [-0.2, -0.15) is 0 Å². The van der Waals surface area contributed by atoms with Gasteiger partial charge in [-0.1, -0.05) is 24.3 Å². The van der Waals surface area contributed by atoms with Gasteiger partial charge in [-0.05, 0) is 49.2 Å². The molecule has 0 bridgehead atoms. The minimum Gasteiger partial charge on any atom is -0.497 e. The molecular weight excluding hydrogens is 396 g/mol. The number of imide groups is 1. The Bertz CT molecular complexity index is 964. The summed E-state index contributed by atoms with van der Waals surface area (Å²) < 4.78 is 10.8. The fourth-order valence-electron chi connectivity index (χ4n) is 3.47. The lowest BCUT2D eigenvalue weighted by Gasteiger charge is -2.20. The van der Waals surface area contributed by atoms with E-state index in [0.29, 0.717) is 22.6 Å². The van der Waals surface area contributed by atoms with E-state index < -0.39 is 0 Å². The summed E-state index contributed by atoms with van der Waals surface area (Å²) >= 11 is 0. The number of nitrogens with zero attached hydrogens (tertiary/aromatic N) is 2. The van der Waals surface area contributed by atoms with E-state index in [1.165, 1.54) is 4.90 Å². The Kier molecular flexibility index (Phi) is 6.97. The lowest BCUT2D eigenvalue weighted by atomic mass is 10.0. The van der Waals surface area contributed by atoms with Crippen LogP contribution in [0.3, 0.4) is 0 Å². The largest absolute Gasteiger partial charge is 0.497 e. The van der Waals surface area contributed by atoms with Crippen LogP contribution >= 0.6 is 0 Å². The first-order valence-corrected chi connectivity index (χ1v) is 10.2. The molecule has 0 atom stereocenters. The zero-order valence-electron chi connectivity index (χ0n) is 18.3. The predicted molar refractivity (Wildman–Crippen MR) is 117 cm³/mol. The van der Waals surface area contributed by atoms with Crippen molar-refractivity contribution in [2.24, 2.45) is 0 Å². The molecule has 0 saturated carbocycles. The minimum absolute atomic E-state index is 0.0333. The van der Waals surface area contributed by atoms with Crippen molar-refractivity contribution >= 4 is 17.4 Å². The van der Waals surface area contributed by atoms with Gasteiger partial charge in [0.25, 0.3) is 11.8 Å². The van der Waals surface area contributed by atoms with Crippen LogP contribution in [0, 0.1) is 0 Å². The third kappa shape index (κ3) is 4.88. The summed E-state index contributed by atoms with van der Waals surface area (Å²) in [6, 6.07) is 14.4. The molecule has 7 heteroatoms. The van der Waals surface area contributed by atoms with Gasteiger partial charge in [0.15, 0.2) is 0 Å². The maximum Gasteiger partial charge on any atom is 0.278 e. The molecule has 7 nitrogen and oxygen atoms in total. The molecule has 0 aromatic heterocycles. The molecule has 0 spiro atoms. The Labute approximate surface area is 182 Å². The fourth-order valence-corrected chi connectivity index (χ4v) is 3.47. The highest BCUT2D eigenvalue weighted by Crippen LogP contribution is 2.33. The van der Waals surface area contributed by atoms with E-state index in [1.807, 2.05) is 26.0 Å². The monoisotopic (exact) mass is 424 g/mol. The van der Waals surface area contributed by atoms with E-state index in [2.05, 4.69) is 0 Å². The smallest absolute Gasteiger partial charge is 0.278 e. The van der Waals surface area contributed by atoms with Crippen LogP contribution in [0.2, 0.25) is 0 Å². The van der Waals surface area contributed by atoms with Gasteiger partial charge in [0.1, 0.15) is 17.2 Å². The highest BCUT2D eigenvalue weighted by Gasteiger charge is 2.40. The van der Waals surface area contributed by atoms with E-state index in [0.717, 1.165) is 5.56 Å². The van der Waals surface area contributed by atoms with Gasteiger partial charge in [0.2, 0.25) is 0 Å². The minimum atomic E-state index is -0.380. The Morgan fingerprint density at radius 1 is 0.968 bits per heavy atom. The van der Waals surface area contributed by atoms with Crippen molar-refractivity contribution in [2.75, 3.05) is 27.3 Å². The summed E-state index contributed by atoms with van der Waals surface area (Å²) in [5.74, 6) is 0.651. The second-order valence-electron chi connectivity index (χ2n) is 7.60. The van der Waals surface area contributed by atoms with Gasteiger partial charge in [0.05, 0.1) is 31.9 Å². The number of aliphatic hydroxyl groups is 1. The number of methoxy groups -OCH3 is 1. The quantitative estimate of drug-likeness (QED) is 0.624. The van der Waals surface area contributed by atoms with Crippen molar-refractivity contribution in [1.29, 1.82) is 0 Å². The number of likely N-dealkylation sites (N-methyl/N-ethyl adjacent to an activating group) is 1. The van der Waals surface area contributed by atoms with Crippen LogP contribution in [0.15, 0.2) is 54.2 Å². The molecular formula is C24H28N2O5. The van der Waals surface area contributed by atoms with Crippen LogP contribution in [0.25, 0.3) is 5.57 Å². The summed E-state index contributed by atoms with van der Waals surface area (Å²) in [5, 5.41) is 9.37. The van der Waals surface area contributed by atoms with Crippen molar-refractivity contribution < 1.29 is 24.2 Å². The van der Waals surface area contributed by atoms with Crippen LogP contribution in [-0.2, 0) is 16.1 Å². The molecule has 1 N–H and O–H groups in total. The summed E-state index contributed by atoms with van der Waals surface area (Å²) in [7, 11) is 3.28. The lowest BCUT2D eigenvalue weighted by Crippen LogP contribution is -2.34. The molecule has 0 radical (unpaired) electrons. The molecule has 0 fully saturated rings. The lowest BCUT2D eigenvalue weighted by molar-refractivity contribution is -0.138. The maximum absolute atomic E-state index is 13.3. The Morgan fingerprint density at radius 3 is 2.13 bits per heavy atom. The second-order valence-corrected chi connectivity index (χ2v) is 7.60. The zero-order valence-corrected chi connectivity index (χ0v) is 18.3. The maximum atomic E-state index is 13.3. The van der Waals surface area contributed by atoms with Gasteiger partial charge < -0.3 is 19.5 Å². The normalized spacial score (nSPS) is 13.9. The number of carbonyl (C=O) groups is 2. The molecule has 1 aliphatic rings. The number of amides is 2. The van der Waals surface area contributed by atoms with E-state index in [4.69, 9.17) is 9.47 Å². The number of hydrogen-bond acceptors (Lipinski definition) is 6. The van der Waals surface area contributed by atoms with E-state index in [9.17, 15) is 14.7 Å². The Balaban J connectivity index is 1.94. The SMILES string of the molecule is COc1ccc(CN2C(=O)C(c3ccc(OC(C)C)cc3)=C(N(C)CCO)C2=O)cc1. The van der Waals surface area contributed by atoms with Crippen LogP contribution in [0.1, 0.15) is 25.0 Å². The molecule has 2 aromatic carbocycles. The first-order valence-electron chi connectivity index (χ1n) is 10.2. The molecule has 1 heterocycles. The van der Waals surface area contributed by atoms with Crippen molar-refractivity contribution in [2.45, 2.75) is 26.5 Å². The van der Waals surface area contributed by atoms with Crippen LogP contribution < -0.4 is 9.47 Å². The Hall–Kier alpha value is -3.32. The molecule has 1 aliphatic heterocycles. The molecule has 2 aromatic rings. The number of benzene rings is 2. The van der Waals surface area contributed by atoms with Gasteiger partial charge in [0, 0.05) is 13.6 Å². The highest BCUT2D eigenvalue weighted by atomic mass is 16.5. The summed E-state index contributed by atoms with van der Waals surface area (Å²) in [6.07, 6.45) is 0.0333. The average molecular weight is 424 g/mol. The Morgan fingerprint density at radius 2 is 1.58 bits per heavy atom. The first kappa shape index (κ1) is 22.4. The van der Waals surface area contributed by atoms with Crippen LogP contribution in [0.4, 0.5) is 0 Å². The molecule has 0 unspecified atom stereocenters. The summed E-state index contributed by atoms with van der Waals surface area (Å²) in [4.78, 5) is 29.4. The molecule has 3 rings (SSSR count). The van der Waals surface area contributed by atoms with Gasteiger partial charge >= 0.3 is 0 Å². The number of aliphatic hydroxyl groups excluding tert-OH is 1. The van der Waals surface area contributed by atoms with Gasteiger partial charge in [-0.3, -0.25) is 14.5 Å². The van der Waals surface area contributed by atoms with Crippen molar-refractivity contribution in [1.82, 2.24) is 9.80 Å². The predicted octanol–water partition coefficient (Wildman–Crippen LogP) is 2.69. The summed E-state index contributed by atoms with van der Waals surface area (Å²) in [6.45, 7) is 4.14.